The molecule has 5 heteroatoms. The molecule has 0 aromatic carbocycles. The van der Waals surface area contributed by atoms with Gasteiger partial charge in [0.2, 0.25) is 11.8 Å². The number of likely N-dealkylation sites (tertiary alicyclic amines) is 1. The molecule has 1 heterocycles. The van der Waals surface area contributed by atoms with Crippen molar-refractivity contribution >= 4 is 11.8 Å². The standard InChI is InChI=1S/C14H26N2O3/c1-9(2)16-8-10(6-12(16)18)13(19)15-7-11(17)14(3,4)5/h9-11,17H,6-8H2,1-5H3,(H,15,19). The summed E-state index contributed by atoms with van der Waals surface area (Å²) in [5.41, 5.74) is -0.261. The highest BCUT2D eigenvalue weighted by molar-refractivity contribution is 5.89. The van der Waals surface area contributed by atoms with E-state index in [1.165, 1.54) is 0 Å². The third-order valence-corrected chi connectivity index (χ3v) is 3.62. The molecule has 1 aliphatic heterocycles. The first-order valence-electron chi connectivity index (χ1n) is 6.88. The lowest BCUT2D eigenvalue weighted by Crippen LogP contribution is -2.42. The normalized spacial score (nSPS) is 21.9. The highest BCUT2D eigenvalue weighted by atomic mass is 16.3. The van der Waals surface area contributed by atoms with Crippen LogP contribution in [0.1, 0.15) is 41.0 Å². The van der Waals surface area contributed by atoms with Crippen molar-refractivity contribution in [2.45, 2.75) is 53.2 Å². The molecule has 0 bridgehead atoms. The number of nitrogens with zero attached hydrogens (tertiary/aromatic N) is 1. The monoisotopic (exact) mass is 270 g/mol. The van der Waals surface area contributed by atoms with Crippen LogP contribution in [0.2, 0.25) is 0 Å². The van der Waals surface area contributed by atoms with E-state index in [2.05, 4.69) is 5.32 Å². The van der Waals surface area contributed by atoms with E-state index in [9.17, 15) is 14.7 Å². The minimum Gasteiger partial charge on any atom is -0.391 e. The van der Waals surface area contributed by atoms with Crippen LogP contribution in [0.4, 0.5) is 0 Å². The molecule has 0 spiro atoms. The second kappa shape index (κ2) is 5.90. The maximum Gasteiger partial charge on any atom is 0.225 e. The Hall–Kier alpha value is -1.10. The third-order valence-electron chi connectivity index (χ3n) is 3.62. The summed E-state index contributed by atoms with van der Waals surface area (Å²) in [5.74, 6) is -0.395. The summed E-state index contributed by atoms with van der Waals surface area (Å²) in [6, 6.07) is 0.130. The number of rotatable bonds is 4. The highest BCUT2D eigenvalue weighted by Crippen LogP contribution is 2.21. The molecule has 110 valence electrons. The zero-order chi connectivity index (χ0) is 14.8. The van der Waals surface area contributed by atoms with Gasteiger partial charge in [0.1, 0.15) is 0 Å². The van der Waals surface area contributed by atoms with Crippen LogP contribution in [0.3, 0.4) is 0 Å². The third kappa shape index (κ3) is 4.20. The maximum atomic E-state index is 12.0. The Bertz CT molecular complexity index is 347. The SMILES string of the molecule is CC(C)N1CC(C(=O)NCC(O)C(C)(C)C)CC1=O. The highest BCUT2D eigenvalue weighted by Gasteiger charge is 2.35. The summed E-state index contributed by atoms with van der Waals surface area (Å²) in [4.78, 5) is 25.4. The number of carbonyl (C=O) groups excluding carboxylic acids is 2. The fourth-order valence-electron chi connectivity index (χ4n) is 2.05. The van der Waals surface area contributed by atoms with E-state index < -0.39 is 6.10 Å². The van der Waals surface area contributed by atoms with Gasteiger partial charge in [0.25, 0.3) is 0 Å². The summed E-state index contributed by atoms with van der Waals surface area (Å²) in [7, 11) is 0. The van der Waals surface area contributed by atoms with E-state index in [-0.39, 0.29) is 42.2 Å². The van der Waals surface area contributed by atoms with Gasteiger partial charge < -0.3 is 15.3 Å². The number of hydrogen-bond donors (Lipinski definition) is 2. The Kier molecular flexibility index (Phi) is 4.96. The van der Waals surface area contributed by atoms with Crippen LogP contribution in [-0.2, 0) is 9.59 Å². The van der Waals surface area contributed by atoms with E-state index in [1.54, 1.807) is 4.90 Å². The zero-order valence-electron chi connectivity index (χ0n) is 12.6. The molecule has 5 nitrogen and oxygen atoms in total. The number of aliphatic hydroxyl groups is 1. The molecule has 1 saturated heterocycles. The molecule has 0 saturated carbocycles. The summed E-state index contributed by atoms with van der Waals surface area (Å²) >= 11 is 0. The van der Waals surface area contributed by atoms with Crippen LogP contribution in [0, 0.1) is 11.3 Å². The van der Waals surface area contributed by atoms with Gasteiger partial charge in [-0.15, -0.1) is 0 Å². The maximum absolute atomic E-state index is 12.0. The van der Waals surface area contributed by atoms with Crippen LogP contribution in [0.25, 0.3) is 0 Å². The molecule has 1 fully saturated rings. The lowest BCUT2D eigenvalue weighted by atomic mass is 9.89. The Morgan fingerprint density at radius 1 is 1.47 bits per heavy atom. The first-order valence-corrected chi connectivity index (χ1v) is 6.88. The van der Waals surface area contributed by atoms with Crippen LogP contribution in [0.5, 0.6) is 0 Å². The van der Waals surface area contributed by atoms with E-state index in [0.29, 0.717) is 6.54 Å². The fraction of sp³-hybridized carbons (Fsp3) is 0.857. The zero-order valence-corrected chi connectivity index (χ0v) is 12.6. The van der Waals surface area contributed by atoms with Gasteiger partial charge in [0.05, 0.1) is 12.0 Å². The van der Waals surface area contributed by atoms with Gasteiger partial charge in [0, 0.05) is 25.6 Å². The van der Waals surface area contributed by atoms with Crippen LogP contribution >= 0.6 is 0 Å². The molecule has 19 heavy (non-hydrogen) atoms. The molecule has 2 N–H and O–H groups in total. The molecular formula is C14H26N2O3. The van der Waals surface area contributed by atoms with Crippen molar-refractivity contribution in [2.75, 3.05) is 13.1 Å². The molecule has 1 aliphatic rings. The van der Waals surface area contributed by atoms with Gasteiger partial charge in [-0.25, -0.2) is 0 Å². The van der Waals surface area contributed by atoms with E-state index in [1.807, 2.05) is 34.6 Å². The number of amides is 2. The number of aliphatic hydroxyl groups excluding tert-OH is 1. The summed E-state index contributed by atoms with van der Waals surface area (Å²) < 4.78 is 0. The van der Waals surface area contributed by atoms with Crippen molar-refractivity contribution in [3.05, 3.63) is 0 Å². The van der Waals surface area contributed by atoms with Crippen LogP contribution < -0.4 is 5.32 Å². The van der Waals surface area contributed by atoms with Crippen LogP contribution in [0.15, 0.2) is 0 Å². The molecule has 0 aromatic heterocycles. The lowest BCUT2D eigenvalue weighted by molar-refractivity contribution is -0.130. The van der Waals surface area contributed by atoms with E-state index in [4.69, 9.17) is 0 Å². The number of hydrogen-bond acceptors (Lipinski definition) is 3. The van der Waals surface area contributed by atoms with Crippen molar-refractivity contribution in [1.29, 1.82) is 0 Å². The summed E-state index contributed by atoms with van der Waals surface area (Å²) in [6.45, 7) is 10.4. The van der Waals surface area contributed by atoms with Crippen LogP contribution in [-0.4, -0.2) is 47.1 Å². The first-order chi connectivity index (χ1) is 8.62. The van der Waals surface area contributed by atoms with Crippen molar-refractivity contribution in [1.82, 2.24) is 10.2 Å². The molecule has 2 unspecified atom stereocenters. The van der Waals surface area contributed by atoms with Gasteiger partial charge >= 0.3 is 0 Å². The first kappa shape index (κ1) is 16.0. The quantitative estimate of drug-likeness (QED) is 0.792. The Labute approximate surface area is 115 Å². The molecule has 0 radical (unpaired) electrons. The lowest BCUT2D eigenvalue weighted by Gasteiger charge is -2.26. The Balaban J connectivity index is 2.46. The molecule has 0 aliphatic carbocycles. The number of carbonyl (C=O) groups is 2. The van der Waals surface area contributed by atoms with Crippen molar-refractivity contribution in [3.63, 3.8) is 0 Å². The van der Waals surface area contributed by atoms with Gasteiger partial charge in [-0.2, -0.15) is 0 Å². The predicted octanol–water partition coefficient (Wildman–Crippen LogP) is 0.766. The van der Waals surface area contributed by atoms with Crippen molar-refractivity contribution in [2.24, 2.45) is 11.3 Å². The van der Waals surface area contributed by atoms with E-state index in [0.717, 1.165) is 0 Å². The summed E-state index contributed by atoms with van der Waals surface area (Å²) in [6.07, 6.45) is -0.315. The van der Waals surface area contributed by atoms with Gasteiger partial charge in [0.15, 0.2) is 0 Å². The predicted molar refractivity (Wildman–Crippen MR) is 73.4 cm³/mol. The minimum absolute atomic E-state index is 0.0338. The van der Waals surface area contributed by atoms with Gasteiger partial charge in [-0.05, 0) is 19.3 Å². The van der Waals surface area contributed by atoms with Gasteiger partial charge in [-0.1, -0.05) is 20.8 Å². The van der Waals surface area contributed by atoms with E-state index >= 15 is 0 Å². The summed E-state index contributed by atoms with van der Waals surface area (Å²) in [5, 5.41) is 12.6. The largest absolute Gasteiger partial charge is 0.391 e. The second-order valence-corrected chi connectivity index (χ2v) is 6.67. The molecule has 2 amide bonds. The smallest absolute Gasteiger partial charge is 0.225 e. The topological polar surface area (TPSA) is 69.6 Å². The average Bonchev–Trinajstić information content (AvgIpc) is 2.66. The molecule has 1 rings (SSSR count). The van der Waals surface area contributed by atoms with Gasteiger partial charge in [-0.3, -0.25) is 9.59 Å². The van der Waals surface area contributed by atoms with Crippen molar-refractivity contribution in [3.8, 4) is 0 Å². The fourth-order valence-corrected chi connectivity index (χ4v) is 2.05. The number of nitrogens with one attached hydrogen (secondary N) is 1. The minimum atomic E-state index is -0.588. The van der Waals surface area contributed by atoms with Crippen molar-refractivity contribution < 1.29 is 14.7 Å². The molecule has 2 atom stereocenters. The Morgan fingerprint density at radius 3 is 2.47 bits per heavy atom. The Morgan fingerprint density at radius 2 is 2.05 bits per heavy atom. The average molecular weight is 270 g/mol. The molecule has 0 aromatic rings. The molecular weight excluding hydrogens is 244 g/mol. The second-order valence-electron chi connectivity index (χ2n) is 6.67.